The van der Waals surface area contributed by atoms with Gasteiger partial charge >= 0.3 is 6.18 Å². The standard InChI is InChI=1S/C20H20F3N3O/c1-10-16-14(26-25-10)6-11-7-19(2,3)8-15(27)17(11)18(16)12-9-24-5-4-13(12)20(21,22)23/h4-5,9,18H,6-8H2,1-3H3,(H,25,26). The Labute approximate surface area is 154 Å². The maximum atomic E-state index is 13.7. The zero-order valence-corrected chi connectivity index (χ0v) is 15.4. The summed E-state index contributed by atoms with van der Waals surface area (Å²) in [6, 6.07) is 0.983. The second-order valence-electron chi connectivity index (χ2n) is 8.24. The van der Waals surface area contributed by atoms with E-state index in [0.717, 1.165) is 23.5 Å². The van der Waals surface area contributed by atoms with Crippen LogP contribution in [0.15, 0.2) is 29.6 Å². The van der Waals surface area contributed by atoms with Gasteiger partial charge in [0, 0.05) is 48.0 Å². The van der Waals surface area contributed by atoms with Crippen LogP contribution in [0.3, 0.4) is 0 Å². The minimum atomic E-state index is -4.52. The Morgan fingerprint density at radius 1 is 1.26 bits per heavy atom. The van der Waals surface area contributed by atoms with Crippen LogP contribution in [0.1, 0.15) is 60.7 Å². The molecule has 0 saturated heterocycles. The Balaban J connectivity index is 1.99. The van der Waals surface area contributed by atoms with Crippen molar-refractivity contribution >= 4 is 5.78 Å². The van der Waals surface area contributed by atoms with Crippen molar-refractivity contribution in [3.63, 3.8) is 0 Å². The Kier molecular flexibility index (Phi) is 3.84. The van der Waals surface area contributed by atoms with Crippen molar-refractivity contribution in [2.24, 2.45) is 5.41 Å². The number of aromatic amines is 1. The molecule has 0 amide bonds. The molecule has 2 aliphatic carbocycles. The molecule has 0 saturated carbocycles. The number of nitrogens with one attached hydrogen (secondary N) is 1. The third-order valence-corrected chi connectivity index (χ3v) is 5.51. The molecule has 7 heteroatoms. The second kappa shape index (κ2) is 5.78. The molecule has 0 aromatic carbocycles. The lowest BCUT2D eigenvalue weighted by atomic mass is 9.64. The number of carbonyl (C=O) groups is 1. The van der Waals surface area contributed by atoms with E-state index in [0.29, 0.717) is 36.1 Å². The highest BCUT2D eigenvalue weighted by atomic mass is 19.4. The van der Waals surface area contributed by atoms with E-state index in [1.807, 2.05) is 13.8 Å². The van der Waals surface area contributed by atoms with Crippen molar-refractivity contribution in [3.8, 4) is 0 Å². The fraction of sp³-hybridized carbons (Fsp3) is 0.450. The zero-order chi connectivity index (χ0) is 19.6. The maximum Gasteiger partial charge on any atom is 0.416 e. The minimum Gasteiger partial charge on any atom is -0.294 e. The van der Waals surface area contributed by atoms with Crippen LogP contribution < -0.4 is 0 Å². The number of H-pyrrole nitrogens is 1. The van der Waals surface area contributed by atoms with Gasteiger partial charge in [-0.2, -0.15) is 18.3 Å². The van der Waals surface area contributed by atoms with Gasteiger partial charge in [0.15, 0.2) is 5.78 Å². The van der Waals surface area contributed by atoms with Gasteiger partial charge in [0.2, 0.25) is 0 Å². The van der Waals surface area contributed by atoms with E-state index < -0.39 is 17.7 Å². The summed E-state index contributed by atoms with van der Waals surface area (Å²) in [6.45, 7) is 5.81. The molecule has 0 aliphatic heterocycles. The molecule has 1 atom stereocenters. The molecular weight excluding hydrogens is 355 g/mol. The van der Waals surface area contributed by atoms with E-state index >= 15 is 0 Å². The molecule has 1 N–H and O–H groups in total. The first-order valence-corrected chi connectivity index (χ1v) is 8.88. The number of nitrogens with zero attached hydrogens (tertiary/aromatic N) is 2. The van der Waals surface area contributed by atoms with Crippen LogP contribution in [-0.4, -0.2) is 21.0 Å². The quantitative estimate of drug-likeness (QED) is 0.798. The van der Waals surface area contributed by atoms with Crippen LogP contribution in [0.2, 0.25) is 0 Å². The van der Waals surface area contributed by atoms with Crippen molar-refractivity contribution in [2.75, 3.05) is 0 Å². The molecular formula is C20H20F3N3O. The highest BCUT2D eigenvalue weighted by Gasteiger charge is 2.45. The van der Waals surface area contributed by atoms with Crippen LogP contribution in [0.25, 0.3) is 0 Å². The van der Waals surface area contributed by atoms with Gasteiger partial charge in [0.05, 0.1) is 11.3 Å². The summed E-state index contributed by atoms with van der Waals surface area (Å²) in [6.07, 6.45) is -0.632. The van der Waals surface area contributed by atoms with Gasteiger partial charge in [-0.3, -0.25) is 14.9 Å². The lowest BCUT2D eigenvalue weighted by molar-refractivity contribution is -0.138. The van der Waals surface area contributed by atoms with Gasteiger partial charge in [-0.05, 0) is 30.4 Å². The van der Waals surface area contributed by atoms with E-state index in [1.165, 1.54) is 6.20 Å². The minimum absolute atomic E-state index is 0.0241. The number of carbonyl (C=O) groups excluding carboxylic acids is 1. The molecule has 27 heavy (non-hydrogen) atoms. The predicted molar refractivity (Wildman–Crippen MR) is 93.2 cm³/mol. The SMILES string of the molecule is Cc1[nH]nc2c1C(c1cnccc1C(F)(F)F)C1=C(C2)CC(C)(C)CC1=O. The monoisotopic (exact) mass is 375 g/mol. The van der Waals surface area contributed by atoms with Gasteiger partial charge in [-0.15, -0.1) is 0 Å². The Morgan fingerprint density at radius 2 is 2.00 bits per heavy atom. The summed E-state index contributed by atoms with van der Waals surface area (Å²) in [7, 11) is 0. The highest BCUT2D eigenvalue weighted by molar-refractivity contribution is 6.00. The first-order chi connectivity index (χ1) is 12.6. The Hall–Kier alpha value is -2.44. The Morgan fingerprint density at radius 3 is 2.70 bits per heavy atom. The number of hydrogen-bond donors (Lipinski definition) is 1. The number of ketones is 1. The van der Waals surface area contributed by atoms with Crippen molar-refractivity contribution in [1.29, 1.82) is 0 Å². The van der Waals surface area contributed by atoms with Crippen molar-refractivity contribution in [1.82, 2.24) is 15.2 Å². The fourth-order valence-corrected chi connectivity index (χ4v) is 4.54. The van der Waals surface area contributed by atoms with E-state index in [1.54, 1.807) is 6.92 Å². The van der Waals surface area contributed by atoms with Gasteiger partial charge in [0.25, 0.3) is 0 Å². The number of hydrogen-bond acceptors (Lipinski definition) is 3. The first-order valence-electron chi connectivity index (χ1n) is 8.88. The van der Waals surface area contributed by atoms with E-state index in [4.69, 9.17) is 0 Å². The number of alkyl halides is 3. The molecule has 0 radical (unpaired) electrons. The van der Waals surface area contributed by atoms with Crippen LogP contribution in [0.5, 0.6) is 0 Å². The van der Waals surface area contributed by atoms with Crippen molar-refractivity contribution < 1.29 is 18.0 Å². The van der Waals surface area contributed by atoms with Gasteiger partial charge in [0.1, 0.15) is 0 Å². The maximum absolute atomic E-state index is 13.7. The third-order valence-electron chi connectivity index (χ3n) is 5.51. The molecule has 2 aromatic rings. The van der Waals surface area contributed by atoms with E-state index in [2.05, 4.69) is 15.2 Å². The molecule has 0 bridgehead atoms. The molecule has 142 valence electrons. The summed E-state index contributed by atoms with van der Waals surface area (Å²) >= 11 is 0. The highest BCUT2D eigenvalue weighted by Crippen LogP contribution is 2.50. The van der Waals surface area contributed by atoms with E-state index in [9.17, 15) is 18.0 Å². The number of aryl methyl sites for hydroxylation is 1. The number of fused-ring (bicyclic) bond motifs is 1. The van der Waals surface area contributed by atoms with E-state index in [-0.39, 0.29) is 16.8 Å². The van der Waals surface area contributed by atoms with Crippen molar-refractivity contribution in [3.05, 3.63) is 57.7 Å². The largest absolute Gasteiger partial charge is 0.416 e. The van der Waals surface area contributed by atoms with Crippen LogP contribution in [-0.2, 0) is 17.4 Å². The number of aromatic nitrogens is 3. The molecule has 1 unspecified atom stereocenters. The third kappa shape index (κ3) is 2.89. The number of halogens is 3. The number of allylic oxidation sites excluding steroid dienone is 2. The lowest BCUT2D eigenvalue weighted by Gasteiger charge is -2.38. The zero-order valence-electron chi connectivity index (χ0n) is 15.4. The smallest absolute Gasteiger partial charge is 0.294 e. The average Bonchev–Trinajstić information content (AvgIpc) is 2.92. The summed E-state index contributed by atoms with van der Waals surface area (Å²) in [4.78, 5) is 17.0. The van der Waals surface area contributed by atoms with Crippen molar-refractivity contribution in [2.45, 2.75) is 52.1 Å². The number of pyridine rings is 1. The molecule has 2 heterocycles. The topological polar surface area (TPSA) is 58.6 Å². The average molecular weight is 375 g/mol. The van der Waals surface area contributed by atoms with Crippen LogP contribution in [0.4, 0.5) is 13.2 Å². The molecule has 0 fully saturated rings. The van der Waals surface area contributed by atoms with Gasteiger partial charge in [-0.25, -0.2) is 0 Å². The lowest BCUT2D eigenvalue weighted by Crippen LogP contribution is -2.32. The summed E-state index contributed by atoms with van der Waals surface area (Å²) in [5, 5.41) is 7.21. The summed E-state index contributed by atoms with van der Waals surface area (Å²) < 4.78 is 41.1. The number of rotatable bonds is 1. The Bertz CT molecular complexity index is 969. The second-order valence-corrected chi connectivity index (χ2v) is 8.24. The molecule has 2 aromatic heterocycles. The molecule has 2 aliphatic rings. The number of Topliss-reactive ketones (excluding diaryl/α,β-unsaturated/α-hetero) is 1. The van der Waals surface area contributed by atoms with Crippen LogP contribution >= 0.6 is 0 Å². The summed E-state index contributed by atoms with van der Waals surface area (Å²) in [5.41, 5.74) is 2.57. The van der Waals surface area contributed by atoms with Crippen LogP contribution in [0, 0.1) is 12.3 Å². The molecule has 4 rings (SSSR count). The molecule has 0 spiro atoms. The first kappa shape index (κ1) is 17.9. The summed E-state index contributed by atoms with van der Waals surface area (Å²) in [5.74, 6) is -0.856. The van der Waals surface area contributed by atoms with Gasteiger partial charge < -0.3 is 0 Å². The molecule has 4 nitrogen and oxygen atoms in total. The normalized spacial score (nSPS) is 21.9. The van der Waals surface area contributed by atoms with Gasteiger partial charge in [-0.1, -0.05) is 19.4 Å². The fourth-order valence-electron chi connectivity index (χ4n) is 4.54. The predicted octanol–water partition coefficient (Wildman–Crippen LogP) is 4.51.